The summed E-state index contributed by atoms with van der Waals surface area (Å²) in [5.74, 6) is 0.587. The van der Waals surface area contributed by atoms with Crippen molar-refractivity contribution in [2.24, 2.45) is 5.92 Å². The summed E-state index contributed by atoms with van der Waals surface area (Å²) in [6.45, 7) is 4.32. The number of amides is 1. The monoisotopic (exact) mass is 318 g/mol. The molecule has 0 aromatic heterocycles. The SMILES string of the molecule is COCCS(=O)(=O)N1CCC[C@H]1C(=O)N1CCC(C)CC1. The summed E-state index contributed by atoms with van der Waals surface area (Å²) in [4.78, 5) is 14.5. The maximum absolute atomic E-state index is 12.6. The molecule has 0 aromatic carbocycles. The van der Waals surface area contributed by atoms with Crippen molar-refractivity contribution in [1.29, 1.82) is 0 Å². The maximum atomic E-state index is 12.6. The second kappa shape index (κ2) is 7.07. The third kappa shape index (κ3) is 3.96. The molecule has 7 heteroatoms. The molecule has 2 heterocycles. The van der Waals surface area contributed by atoms with Crippen LogP contribution >= 0.6 is 0 Å². The van der Waals surface area contributed by atoms with Crippen molar-refractivity contribution in [3.05, 3.63) is 0 Å². The summed E-state index contributed by atoms with van der Waals surface area (Å²) >= 11 is 0. The number of likely N-dealkylation sites (tertiary alicyclic amines) is 1. The minimum atomic E-state index is -3.40. The lowest BCUT2D eigenvalue weighted by molar-refractivity contribution is -0.135. The Morgan fingerprint density at radius 3 is 2.48 bits per heavy atom. The molecule has 1 atom stereocenters. The summed E-state index contributed by atoms with van der Waals surface area (Å²) in [6, 6.07) is -0.500. The molecule has 0 radical (unpaired) electrons. The van der Waals surface area contributed by atoms with Crippen LogP contribution in [-0.4, -0.2) is 68.7 Å². The molecule has 0 bridgehead atoms. The molecule has 2 aliphatic rings. The first-order valence-electron chi connectivity index (χ1n) is 7.73. The molecule has 2 saturated heterocycles. The highest BCUT2D eigenvalue weighted by Gasteiger charge is 2.40. The van der Waals surface area contributed by atoms with Crippen LogP contribution in [0.2, 0.25) is 0 Å². The lowest BCUT2D eigenvalue weighted by Gasteiger charge is -2.34. The van der Waals surface area contributed by atoms with Gasteiger partial charge in [-0.25, -0.2) is 8.42 Å². The van der Waals surface area contributed by atoms with Crippen molar-refractivity contribution < 1.29 is 17.9 Å². The number of rotatable bonds is 5. The summed E-state index contributed by atoms with van der Waals surface area (Å²) in [5, 5.41) is 0. The standard InChI is InChI=1S/C14H26N2O4S/c1-12-5-8-15(9-6-12)14(17)13-4-3-7-16(13)21(18,19)11-10-20-2/h12-13H,3-11H2,1-2H3/t13-/m0/s1. The van der Waals surface area contributed by atoms with Crippen molar-refractivity contribution in [2.45, 2.75) is 38.6 Å². The number of hydrogen-bond acceptors (Lipinski definition) is 4. The van der Waals surface area contributed by atoms with E-state index in [1.165, 1.54) is 11.4 Å². The molecule has 0 aromatic rings. The van der Waals surface area contributed by atoms with E-state index in [0.29, 0.717) is 18.9 Å². The fourth-order valence-corrected chi connectivity index (χ4v) is 4.67. The average molecular weight is 318 g/mol. The lowest BCUT2D eigenvalue weighted by atomic mass is 9.98. The molecule has 0 aliphatic carbocycles. The molecule has 2 aliphatic heterocycles. The number of methoxy groups -OCH3 is 1. The first kappa shape index (κ1) is 16.7. The van der Waals surface area contributed by atoms with Gasteiger partial charge < -0.3 is 9.64 Å². The Morgan fingerprint density at radius 1 is 1.19 bits per heavy atom. The second-order valence-corrected chi connectivity index (χ2v) is 8.13. The van der Waals surface area contributed by atoms with E-state index < -0.39 is 16.1 Å². The first-order valence-corrected chi connectivity index (χ1v) is 9.34. The van der Waals surface area contributed by atoms with Gasteiger partial charge in [0, 0.05) is 26.7 Å². The van der Waals surface area contributed by atoms with Gasteiger partial charge in [-0.05, 0) is 31.6 Å². The van der Waals surface area contributed by atoms with Crippen LogP contribution in [0.5, 0.6) is 0 Å². The zero-order valence-electron chi connectivity index (χ0n) is 13.0. The van der Waals surface area contributed by atoms with Gasteiger partial charge in [-0.2, -0.15) is 4.31 Å². The Hall–Kier alpha value is -0.660. The molecule has 21 heavy (non-hydrogen) atoms. The zero-order valence-corrected chi connectivity index (χ0v) is 13.8. The number of carbonyl (C=O) groups is 1. The Morgan fingerprint density at radius 2 is 1.86 bits per heavy atom. The van der Waals surface area contributed by atoms with E-state index in [4.69, 9.17) is 4.74 Å². The van der Waals surface area contributed by atoms with Crippen LogP contribution in [0.25, 0.3) is 0 Å². The van der Waals surface area contributed by atoms with Crippen LogP contribution in [-0.2, 0) is 19.6 Å². The highest BCUT2D eigenvalue weighted by molar-refractivity contribution is 7.89. The average Bonchev–Trinajstić information content (AvgIpc) is 2.95. The first-order chi connectivity index (χ1) is 9.95. The number of sulfonamides is 1. The van der Waals surface area contributed by atoms with E-state index in [9.17, 15) is 13.2 Å². The molecule has 1 amide bonds. The van der Waals surface area contributed by atoms with Gasteiger partial charge in [-0.3, -0.25) is 4.79 Å². The Bertz CT molecular complexity index is 458. The van der Waals surface area contributed by atoms with Crippen molar-refractivity contribution in [1.82, 2.24) is 9.21 Å². The maximum Gasteiger partial charge on any atom is 0.241 e. The molecule has 0 N–H and O–H groups in total. The Balaban J connectivity index is 2.02. The van der Waals surface area contributed by atoms with Gasteiger partial charge in [0.25, 0.3) is 0 Å². The summed E-state index contributed by atoms with van der Waals surface area (Å²) in [5.41, 5.74) is 0. The Labute approximate surface area is 127 Å². The van der Waals surface area contributed by atoms with Gasteiger partial charge in [0.15, 0.2) is 0 Å². The van der Waals surface area contributed by atoms with Gasteiger partial charge in [0.05, 0.1) is 12.4 Å². The topological polar surface area (TPSA) is 66.9 Å². The van der Waals surface area contributed by atoms with Gasteiger partial charge in [-0.1, -0.05) is 6.92 Å². The van der Waals surface area contributed by atoms with E-state index in [0.717, 1.165) is 32.4 Å². The van der Waals surface area contributed by atoms with E-state index >= 15 is 0 Å². The quantitative estimate of drug-likeness (QED) is 0.748. The molecular formula is C14H26N2O4S. The molecule has 0 unspecified atom stereocenters. The fourth-order valence-electron chi connectivity index (χ4n) is 3.07. The van der Waals surface area contributed by atoms with Gasteiger partial charge in [-0.15, -0.1) is 0 Å². The molecule has 2 fully saturated rings. The van der Waals surface area contributed by atoms with Crippen molar-refractivity contribution >= 4 is 15.9 Å². The van der Waals surface area contributed by atoms with E-state index in [2.05, 4.69) is 6.92 Å². The third-order valence-electron chi connectivity index (χ3n) is 4.49. The molecule has 6 nitrogen and oxygen atoms in total. The van der Waals surface area contributed by atoms with Crippen molar-refractivity contribution in [3.8, 4) is 0 Å². The van der Waals surface area contributed by atoms with Gasteiger partial charge in [0.2, 0.25) is 15.9 Å². The van der Waals surface area contributed by atoms with E-state index in [-0.39, 0.29) is 18.3 Å². The molecule has 2 rings (SSSR count). The van der Waals surface area contributed by atoms with Crippen molar-refractivity contribution in [3.63, 3.8) is 0 Å². The van der Waals surface area contributed by atoms with Crippen LogP contribution < -0.4 is 0 Å². The van der Waals surface area contributed by atoms with Gasteiger partial charge >= 0.3 is 0 Å². The van der Waals surface area contributed by atoms with Crippen LogP contribution in [0.4, 0.5) is 0 Å². The number of hydrogen-bond donors (Lipinski definition) is 0. The van der Waals surface area contributed by atoms with Gasteiger partial charge in [0.1, 0.15) is 6.04 Å². The number of piperidine rings is 1. The van der Waals surface area contributed by atoms with Crippen LogP contribution in [0, 0.1) is 5.92 Å². The van der Waals surface area contributed by atoms with E-state index in [1.54, 1.807) is 0 Å². The zero-order chi connectivity index (χ0) is 15.5. The highest BCUT2D eigenvalue weighted by Crippen LogP contribution is 2.25. The van der Waals surface area contributed by atoms with E-state index in [1.807, 2.05) is 4.90 Å². The lowest BCUT2D eigenvalue weighted by Crippen LogP contribution is -2.50. The minimum absolute atomic E-state index is 0.0135. The summed E-state index contributed by atoms with van der Waals surface area (Å²) in [6.07, 6.45) is 3.41. The molecule has 0 spiro atoms. The summed E-state index contributed by atoms with van der Waals surface area (Å²) in [7, 11) is -1.92. The highest BCUT2D eigenvalue weighted by atomic mass is 32.2. The minimum Gasteiger partial charge on any atom is -0.384 e. The summed E-state index contributed by atoms with van der Waals surface area (Å²) < 4.78 is 30.9. The number of ether oxygens (including phenoxy) is 1. The second-order valence-electron chi connectivity index (χ2n) is 6.09. The largest absolute Gasteiger partial charge is 0.384 e. The molecular weight excluding hydrogens is 292 g/mol. The number of carbonyl (C=O) groups excluding carboxylic acids is 1. The fraction of sp³-hybridized carbons (Fsp3) is 0.929. The smallest absolute Gasteiger partial charge is 0.241 e. The third-order valence-corrected chi connectivity index (χ3v) is 6.32. The van der Waals surface area contributed by atoms with Crippen LogP contribution in [0.1, 0.15) is 32.6 Å². The molecule has 0 saturated carbocycles. The predicted molar refractivity (Wildman–Crippen MR) is 80.4 cm³/mol. The normalized spacial score (nSPS) is 25.4. The van der Waals surface area contributed by atoms with Crippen LogP contribution in [0.15, 0.2) is 0 Å². The number of nitrogens with zero attached hydrogens (tertiary/aromatic N) is 2. The molecule has 122 valence electrons. The predicted octanol–water partition coefficient (Wildman–Crippen LogP) is 0.686. The van der Waals surface area contributed by atoms with Crippen molar-refractivity contribution in [2.75, 3.05) is 39.1 Å². The Kier molecular flexibility index (Phi) is 5.62. The van der Waals surface area contributed by atoms with Crippen LogP contribution in [0.3, 0.4) is 0 Å².